The van der Waals surface area contributed by atoms with E-state index in [0.717, 1.165) is 47.2 Å². The third-order valence-electron chi connectivity index (χ3n) is 5.16. The maximum atomic E-state index is 13.1. The van der Waals surface area contributed by atoms with Crippen molar-refractivity contribution in [3.63, 3.8) is 0 Å². The molecule has 0 saturated carbocycles. The molecule has 0 fully saturated rings. The average Bonchev–Trinajstić information content (AvgIpc) is 3.18. The highest BCUT2D eigenvalue weighted by Crippen LogP contribution is 2.32. The Morgan fingerprint density at radius 1 is 1.28 bits per heavy atom. The summed E-state index contributed by atoms with van der Waals surface area (Å²) in [7, 11) is 0. The van der Waals surface area contributed by atoms with Gasteiger partial charge < -0.3 is 5.32 Å². The summed E-state index contributed by atoms with van der Waals surface area (Å²) in [5.74, 6) is -0.0839. The van der Waals surface area contributed by atoms with E-state index >= 15 is 0 Å². The zero-order valence-corrected chi connectivity index (χ0v) is 17.3. The molecule has 3 aromatic rings. The number of thioether (sulfide) groups is 1. The van der Waals surface area contributed by atoms with Crippen LogP contribution in [-0.2, 0) is 17.6 Å². The molecule has 1 unspecified atom stereocenters. The maximum Gasteiger partial charge on any atom is 0.237 e. The molecule has 4 rings (SSSR count). The summed E-state index contributed by atoms with van der Waals surface area (Å²) < 4.78 is 0. The Hall–Kier alpha value is -2.91. The van der Waals surface area contributed by atoms with Gasteiger partial charge in [-0.2, -0.15) is 5.26 Å². The number of carbonyl (C=O) groups excluding carboxylic acids is 1. The van der Waals surface area contributed by atoms with E-state index in [9.17, 15) is 10.1 Å². The Kier molecular flexibility index (Phi) is 5.50. The second-order valence-corrected chi connectivity index (χ2v) is 8.44. The van der Waals surface area contributed by atoms with E-state index in [-0.39, 0.29) is 11.2 Å². The van der Waals surface area contributed by atoms with Gasteiger partial charge in [-0.1, -0.05) is 36.9 Å². The third kappa shape index (κ3) is 3.96. The molecule has 1 aromatic carbocycles. The molecule has 1 aliphatic rings. The molecule has 5 nitrogen and oxygen atoms in total. The Bertz CT molecular complexity index is 1140. The van der Waals surface area contributed by atoms with E-state index in [1.165, 1.54) is 17.3 Å². The molecule has 0 saturated heterocycles. The Morgan fingerprint density at radius 2 is 2.10 bits per heavy atom. The van der Waals surface area contributed by atoms with Crippen molar-refractivity contribution >= 4 is 34.3 Å². The molecule has 1 N–H and O–H groups in total. The first-order chi connectivity index (χ1) is 14.1. The van der Waals surface area contributed by atoms with Gasteiger partial charge in [0.05, 0.1) is 22.0 Å². The largest absolute Gasteiger partial charge is 0.324 e. The summed E-state index contributed by atoms with van der Waals surface area (Å²) in [5.41, 5.74) is 5.27. The molecule has 0 bridgehead atoms. The summed E-state index contributed by atoms with van der Waals surface area (Å²) in [6.07, 6.45) is 3.64. The number of carbonyl (C=O) groups is 1. The number of nitrogens with zero attached hydrogens (tertiary/aromatic N) is 3. The number of rotatable bonds is 5. The molecular weight excluding hydrogens is 380 g/mol. The van der Waals surface area contributed by atoms with Gasteiger partial charge in [-0.3, -0.25) is 9.78 Å². The van der Waals surface area contributed by atoms with E-state index in [1.54, 1.807) is 0 Å². The number of hydrogen-bond donors (Lipinski definition) is 1. The lowest BCUT2D eigenvalue weighted by Crippen LogP contribution is -2.25. The molecule has 2 aromatic heterocycles. The molecule has 0 radical (unpaired) electrons. The lowest BCUT2D eigenvalue weighted by molar-refractivity contribution is -0.115. The van der Waals surface area contributed by atoms with Crippen molar-refractivity contribution in [3.8, 4) is 6.07 Å². The fourth-order valence-corrected chi connectivity index (χ4v) is 4.70. The highest BCUT2D eigenvalue weighted by Gasteiger charge is 2.23. The Morgan fingerprint density at radius 3 is 2.90 bits per heavy atom. The first-order valence-corrected chi connectivity index (χ1v) is 10.7. The van der Waals surface area contributed by atoms with Crippen LogP contribution in [0.2, 0.25) is 0 Å². The first-order valence-electron chi connectivity index (χ1n) is 9.86. The SMILES string of the molecule is CCC(Sc1nc2c(cc1C#N)CCC2)C(=O)Nc1cc(C)nc2ccccc12. The van der Waals surface area contributed by atoms with Crippen molar-refractivity contribution in [1.82, 2.24) is 9.97 Å². The first kappa shape index (κ1) is 19.4. The number of para-hydroxylation sites is 1. The number of benzene rings is 1. The van der Waals surface area contributed by atoms with E-state index in [1.807, 2.05) is 50.2 Å². The predicted molar refractivity (Wildman–Crippen MR) is 116 cm³/mol. The third-order valence-corrected chi connectivity index (χ3v) is 6.52. The van der Waals surface area contributed by atoms with Crippen LogP contribution in [0.15, 0.2) is 41.4 Å². The number of fused-ring (bicyclic) bond motifs is 2. The topological polar surface area (TPSA) is 78.7 Å². The van der Waals surface area contributed by atoms with Gasteiger partial charge in [0.1, 0.15) is 11.1 Å². The van der Waals surface area contributed by atoms with Crippen LogP contribution in [-0.4, -0.2) is 21.1 Å². The molecule has 29 heavy (non-hydrogen) atoms. The van der Waals surface area contributed by atoms with Crippen molar-refractivity contribution in [2.24, 2.45) is 0 Å². The predicted octanol–water partition coefficient (Wildman–Crippen LogP) is 4.81. The lowest BCUT2D eigenvalue weighted by atomic mass is 10.1. The fraction of sp³-hybridized carbons (Fsp3) is 0.304. The number of hydrogen-bond acceptors (Lipinski definition) is 5. The van der Waals surface area contributed by atoms with Gasteiger partial charge in [0.25, 0.3) is 0 Å². The summed E-state index contributed by atoms with van der Waals surface area (Å²) in [4.78, 5) is 22.3. The van der Waals surface area contributed by atoms with Crippen molar-refractivity contribution < 1.29 is 4.79 Å². The van der Waals surface area contributed by atoms with Crippen LogP contribution in [0.3, 0.4) is 0 Å². The highest BCUT2D eigenvalue weighted by atomic mass is 32.2. The Labute approximate surface area is 174 Å². The minimum absolute atomic E-state index is 0.0839. The van der Waals surface area contributed by atoms with Gasteiger partial charge in [0.2, 0.25) is 5.91 Å². The van der Waals surface area contributed by atoms with E-state index < -0.39 is 0 Å². The summed E-state index contributed by atoms with van der Waals surface area (Å²) in [5, 5.41) is 13.9. The number of pyridine rings is 2. The van der Waals surface area contributed by atoms with Crippen molar-refractivity contribution in [1.29, 1.82) is 5.26 Å². The second kappa shape index (κ2) is 8.22. The van der Waals surface area contributed by atoms with Gasteiger partial charge in [0.15, 0.2) is 0 Å². The molecule has 0 aliphatic heterocycles. The fourth-order valence-electron chi connectivity index (χ4n) is 3.70. The number of nitrogens with one attached hydrogen (secondary N) is 1. The lowest BCUT2D eigenvalue weighted by Gasteiger charge is -2.17. The van der Waals surface area contributed by atoms with E-state index in [0.29, 0.717) is 17.0 Å². The standard InChI is InChI=1S/C23H22N4OS/c1-3-21(29-23-16(13-24)12-15-7-6-10-18(15)27-23)22(28)26-20-11-14(2)25-19-9-5-4-8-17(19)20/h4-5,8-9,11-12,21H,3,6-7,10H2,1-2H3,(H,25,26,28). The minimum Gasteiger partial charge on any atom is -0.324 e. The molecule has 6 heteroatoms. The van der Waals surface area contributed by atoms with Crippen molar-refractivity contribution in [2.75, 3.05) is 5.32 Å². The van der Waals surface area contributed by atoms with Gasteiger partial charge in [0, 0.05) is 16.8 Å². The second-order valence-electron chi connectivity index (χ2n) is 7.24. The van der Waals surface area contributed by atoms with Gasteiger partial charge >= 0.3 is 0 Å². The maximum absolute atomic E-state index is 13.1. The summed E-state index contributed by atoms with van der Waals surface area (Å²) in [6, 6.07) is 13.9. The molecular formula is C23H22N4OS. The number of anilines is 1. The molecule has 0 spiro atoms. The smallest absolute Gasteiger partial charge is 0.237 e. The van der Waals surface area contributed by atoms with Crippen LogP contribution in [0, 0.1) is 18.3 Å². The number of amides is 1. The number of aryl methyl sites for hydroxylation is 3. The van der Waals surface area contributed by atoms with Crippen LogP contribution in [0.1, 0.15) is 42.3 Å². The van der Waals surface area contributed by atoms with Crippen molar-refractivity contribution in [3.05, 3.63) is 58.9 Å². The van der Waals surface area contributed by atoms with Gasteiger partial charge in [-0.15, -0.1) is 0 Å². The Balaban J connectivity index is 1.60. The number of nitriles is 1. The molecule has 1 aliphatic carbocycles. The van der Waals surface area contributed by atoms with Crippen molar-refractivity contribution in [2.45, 2.75) is 49.8 Å². The average molecular weight is 403 g/mol. The molecule has 1 amide bonds. The van der Waals surface area contributed by atoms with E-state index in [2.05, 4.69) is 16.4 Å². The molecule has 2 heterocycles. The zero-order chi connectivity index (χ0) is 20.4. The van der Waals surface area contributed by atoms with E-state index in [4.69, 9.17) is 4.98 Å². The summed E-state index contributed by atoms with van der Waals surface area (Å²) >= 11 is 1.38. The number of aromatic nitrogens is 2. The van der Waals surface area contributed by atoms with Crippen LogP contribution in [0.4, 0.5) is 5.69 Å². The van der Waals surface area contributed by atoms with Gasteiger partial charge in [-0.05, 0) is 56.4 Å². The minimum atomic E-state index is -0.332. The molecule has 146 valence electrons. The van der Waals surface area contributed by atoms with Crippen LogP contribution < -0.4 is 5.32 Å². The van der Waals surface area contributed by atoms with Crippen LogP contribution >= 0.6 is 11.8 Å². The van der Waals surface area contributed by atoms with Gasteiger partial charge in [-0.25, -0.2) is 4.98 Å². The van der Waals surface area contributed by atoms with Crippen LogP contribution in [0.25, 0.3) is 10.9 Å². The monoisotopic (exact) mass is 402 g/mol. The zero-order valence-electron chi connectivity index (χ0n) is 16.5. The molecule has 1 atom stereocenters. The summed E-state index contributed by atoms with van der Waals surface area (Å²) in [6.45, 7) is 3.90. The normalized spacial score (nSPS) is 13.7. The quantitative estimate of drug-likeness (QED) is 0.620. The van der Waals surface area contributed by atoms with Crippen LogP contribution in [0.5, 0.6) is 0 Å². The highest BCUT2D eigenvalue weighted by molar-refractivity contribution is 8.00.